The van der Waals surface area contributed by atoms with Gasteiger partial charge in [0, 0.05) is 32.0 Å². The van der Waals surface area contributed by atoms with Crippen molar-refractivity contribution in [1.82, 2.24) is 9.80 Å². The number of piperidine rings is 1. The van der Waals surface area contributed by atoms with Gasteiger partial charge in [-0.05, 0) is 76.1 Å². The van der Waals surface area contributed by atoms with E-state index in [2.05, 4.69) is 9.89 Å². The molecule has 4 rings (SSSR count). The van der Waals surface area contributed by atoms with Gasteiger partial charge in [-0.15, -0.1) is 0 Å². The highest BCUT2D eigenvalue weighted by Gasteiger charge is 2.26. The molecule has 1 saturated carbocycles. The molecule has 34 heavy (non-hydrogen) atoms. The van der Waals surface area contributed by atoms with Crippen molar-refractivity contribution in [2.24, 2.45) is 16.8 Å². The fraction of sp³-hybridized carbons (Fsp3) is 0.667. The number of benzene rings is 1. The second kappa shape index (κ2) is 11.2. The Labute approximate surface area is 202 Å². The Morgan fingerprint density at radius 3 is 2.44 bits per heavy atom. The highest BCUT2D eigenvalue weighted by atomic mass is 19.1. The average Bonchev–Trinajstić information content (AvgIpc) is 2.75. The van der Waals surface area contributed by atoms with Gasteiger partial charge in [0.25, 0.3) is 0 Å². The standard InChI is InChI=1S/C27H39F2N3O2/c1-27(2,29)19-32-11-9-21(10-12-32)17-34-24-14-30-26(31(3)15-24)22-7-8-23(25(28)13-22)18-33-16-20-5-4-6-20/h7-8,13-15,20-21,26H,4-6,9-12,16-19H2,1-3H3. The van der Waals surface area contributed by atoms with Crippen LogP contribution in [0.1, 0.15) is 63.2 Å². The molecule has 0 N–H and O–H groups in total. The summed E-state index contributed by atoms with van der Waals surface area (Å²) < 4.78 is 40.2. The van der Waals surface area contributed by atoms with E-state index in [1.165, 1.54) is 19.3 Å². The molecule has 0 bridgehead atoms. The van der Waals surface area contributed by atoms with Gasteiger partial charge in [-0.2, -0.15) is 0 Å². The number of halogens is 2. The lowest BCUT2D eigenvalue weighted by Crippen LogP contribution is -2.41. The average molecular weight is 476 g/mol. The van der Waals surface area contributed by atoms with E-state index < -0.39 is 5.67 Å². The van der Waals surface area contributed by atoms with Gasteiger partial charge in [0.2, 0.25) is 0 Å². The summed E-state index contributed by atoms with van der Waals surface area (Å²) >= 11 is 0. The summed E-state index contributed by atoms with van der Waals surface area (Å²) in [5.41, 5.74) is 0.240. The summed E-state index contributed by atoms with van der Waals surface area (Å²) in [6.45, 7) is 7.23. The van der Waals surface area contributed by atoms with Crippen molar-refractivity contribution < 1.29 is 18.3 Å². The molecular formula is C27H39F2N3O2. The highest BCUT2D eigenvalue weighted by Crippen LogP contribution is 2.29. The lowest BCUT2D eigenvalue weighted by Gasteiger charge is -2.34. The molecule has 0 aromatic heterocycles. The Kier molecular flexibility index (Phi) is 8.25. The predicted octanol–water partition coefficient (Wildman–Crippen LogP) is 5.48. The second-order valence-corrected chi connectivity index (χ2v) is 10.8. The third-order valence-electron chi connectivity index (χ3n) is 7.06. The van der Waals surface area contributed by atoms with Crippen LogP contribution in [0.2, 0.25) is 0 Å². The van der Waals surface area contributed by atoms with Gasteiger partial charge < -0.3 is 19.3 Å². The van der Waals surface area contributed by atoms with E-state index >= 15 is 0 Å². The van der Waals surface area contributed by atoms with Gasteiger partial charge in [-0.1, -0.05) is 18.6 Å². The summed E-state index contributed by atoms with van der Waals surface area (Å²) in [6.07, 6.45) is 9.14. The quantitative estimate of drug-likeness (QED) is 0.449. The van der Waals surface area contributed by atoms with Crippen LogP contribution < -0.4 is 0 Å². The molecular weight excluding hydrogens is 436 g/mol. The molecule has 1 aromatic carbocycles. The predicted molar refractivity (Wildman–Crippen MR) is 131 cm³/mol. The smallest absolute Gasteiger partial charge is 0.153 e. The normalized spacial score (nSPS) is 22.6. The molecule has 0 amide bonds. The molecule has 1 unspecified atom stereocenters. The molecule has 2 heterocycles. The first-order valence-electron chi connectivity index (χ1n) is 12.6. The molecule has 1 atom stereocenters. The number of hydrogen-bond donors (Lipinski definition) is 0. The molecule has 0 spiro atoms. The van der Waals surface area contributed by atoms with Crippen molar-refractivity contribution >= 4 is 6.21 Å². The van der Waals surface area contributed by atoms with Gasteiger partial charge in [-0.25, -0.2) is 8.78 Å². The van der Waals surface area contributed by atoms with Crippen molar-refractivity contribution in [2.75, 3.05) is 39.9 Å². The monoisotopic (exact) mass is 475 g/mol. The summed E-state index contributed by atoms with van der Waals surface area (Å²) in [4.78, 5) is 8.76. The highest BCUT2D eigenvalue weighted by molar-refractivity contribution is 5.76. The van der Waals surface area contributed by atoms with Crippen LogP contribution in [0.15, 0.2) is 35.2 Å². The zero-order valence-electron chi connectivity index (χ0n) is 20.8. The maximum Gasteiger partial charge on any atom is 0.153 e. The van der Waals surface area contributed by atoms with Crippen LogP contribution in [-0.4, -0.2) is 61.6 Å². The van der Waals surface area contributed by atoms with E-state index in [9.17, 15) is 8.78 Å². The first kappa shape index (κ1) is 25.1. The number of likely N-dealkylation sites (tertiary alicyclic amines) is 1. The van der Waals surface area contributed by atoms with Crippen molar-refractivity contribution in [3.05, 3.63) is 47.1 Å². The third-order valence-corrected chi connectivity index (χ3v) is 7.06. The summed E-state index contributed by atoms with van der Waals surface area (Å²) in [6, 6.07) is 5.30. The number of allylic oxidation sites excluding steroid dienone is 1. The van der Waals surface area contributed by atoms with Gasteiger partial charge in [0.1, 0.15) is 17.7 Å². The van der Waals surface area contributed by atoms with Crippen molar-refractivity contribution in [2.45, 2.75) is 64.4 Å². The van der Waals surface area contributed by atoms with E-state index in [-0.39, 0.29) is 12.0 Å². The minimum atomic E-state index is -1.15. The summed E-state index contributed by atoms with van der Waals surface area (Å²) in [5.74, 6) is 1.58. The van der Waals surface area contributed by atoms with Crippen LogP contribution in [0.4, 0.5) is 8.78 Å². The fourth-order valence-electron chi connectivity index (χ4n) is 4.84. The lowest BCUT2D eigenvalue weighted by molar-refractivity contribution is 0.0582. The number of rotatable bonds is 10. The Morgan fingerprint density at radius 2 is 1.82 bits per heavy atom. The second-order valence-electron chi connectivity index (χ2n) is 10.8. The van der Waals surface area contributed by atoms with Gasteiger partial charge in [-0.3, -0.25) is 4.99 Å². The van der Waals surface area contributed by atoms with Gasteiger partial charge in [0.15, 0.2) is 5.76 Å². The van der Waals surface area contributed by atoms with Crippen LogP contribution in [0.25, 0.3) is 0 Å². The van der Waals surface area contributed by atoms with Crippen LogP contribution in [0.5, 0.6) is 0 Å². The van der Waals surface area contributed by atoms with Crippen molar-refractivity contribution in [3.8, 4) is 0 Å². The van der Waals surface area contributed by atoms with E-state index in [0.29, 0.717) is 42.9 Å². The van der Waals surface area contributed by atoms with Crippen molar-refractivity contribution in [1.29, 1.82) is 0 Å². The molecule has 2 aliphatic heterocycles. The first-order chi connectivity index (χ1) is 16.3. The SMILES string of the molecule is CN1C=C(OCC2CCN(CC(C)(C)F)CC2)C=NC1c1ccc(COCC2CCC2)c(F)c1. The minimum absolute atomic E-state index is 0.247. The zero-order chi connectivity index (χ0) is 24.1. The molecule has 2 fully saturated rings. The third kappa shape index (κ3) is 7.01. The first-order valence-corrected chi connectivity index (χ1v) is 12.6. The summed E-state index contributed by atoms with van der Waals surface area (Å²) in [7, 11) is 1.93. The van der Waals surface area contributed by atoms with Crippen LogP contribution >= 0.6 is 0 Å². The van der Waals surface area contributed by atoms with Gasteiger partial charge >= 0.3 is 0 Å². The molecule has 1 aromatic rings. The largest absolute Gasteiger partial charge is 0.490 e. The molecule has 5 nitrogen and oxygen atoms in total. The molecule has 1 saturated heterocycles. The Bertz CT molecular complexity index is 871. The number of hydrogen-bond acceptors (Lipinski definition) is 5. The minimum Gasteiger partial charge on any atom is -0.490 e. The number of nitrogens with zero attached hydrogens (tertiary/aromatic N) is 3. The number of ether oxygens (including phenoxy) is 2. The van der Waals surface area contributed by atoms with E-state index in [1.54, 1.807) is 32.2 Å². The Balaban J connectivity index is 1.22. The topological polar surface area (TPSA) is 37.3 Å². The number of alkyl halides is 1. The molecule has 7 heteroatoms. The molecule has 0 radical (unpaired) electrons. The number of aliphatic imine (C=N–C) groups is 1. The van der Waals surface area contributed by atoms with Crippen LogP contribution in [-0.2, 0) is 16.1 Å². The van der Waals surface area contributed by atoms with Crippen LogP contribution in [0, 0.1) is 17.7 Å². The Hall–Kier alpha value is -1.99. The van der Waals surface area contributed by atoms with Gasteiger partial charge in [0.05, 0.1) is 19.4 Å². The fourth-order valence-corrected chi connectivity index (χ4v) is 4.84. The van der Waals surface area contributed by atoms with E-state index in [1.807, 2.05) is 24.2 Å². The Morgan fingerprint density at radius 1 is 1.09 bits per heavy atom. The molecule has 188 valence electrons. The van der Waals surface area contributed by atoms with Crippen LogP contribution in [0.3, 0.4) is 0 Å². The van der Waals surface area contributed by atoms with E-state index in [4.69, 9.17) is 9.47 Å². The van der Waals surface area contributed by atoms with E-state index in [0.717, 1.165) is 38.1 Å². The molecule has 1 aliphatic carbocycles. The maximum absolute atomic E-state index is 14.7. The van der Waals surface area contributed by atoms with Crippen molar-refractivity contribution in [3.63, 3.8) is 0 Å². The zero-order valence-corrected chi connectivity index (χ0v) is 20.8. The molecule has 3 aliphatic rings. The summed E-state index contributed by atoms with van der Waals surface area (Å²) in [5, 5.41) is 0. The lowest BCUT2D eigenvalue weighted by atomic mass is 9.86. The maximum atomic E-state index is 14.7.